The largest absolute Gasteiger partial charge is 0.454 e. The van der Waals surface area contributed by atoms with Crippen LogP contribution in [0.5, 0.6) is 11.5 Å². The van der Waals surface area contributed by atoms with Crippen molar-refractivity contribution < 1.29 is 18.8 Å². The van der Waals surface area contributed by atoms with E-state index in [1.165, 1.54) is 30.6 Å². The molecule has 3 aromatic rings. The van der Waals surface area contributed by atoms with Crippen LogP contribution in [-0.4, -0.2) is 21.7 Å². The van der Waals surface area contributed by atoms with E-state index in [1.807, 2.05) is 0 Å². The highest BCUT2D eigenvalue weighted by molar-refractivity contribution is 5.77. The molecule has 0 unspecified atom stereocenters. The Morgan fingerprint density at radius 1 is 0.963 bits per heavy atom. The minimum absolute atomic E-state index is 0.00141. The van der Waals surface area contributed by atoms with Gasteiger partial charge >= 0.3 is 5.69 Å². The second-order valence-electron chi connectivity index (χ2n) is 5.50. The van der Waals surface area contributed by atoms with Crippen LogP contribution in [0, 0.1) is 15.9 Å². The van der Waals surface area contributed by atoms with Crippen molar-refractivity contribution in [3.05, 3.63) is 64.7 Å². The minimum atomic E-state index is -0.596. The Hall–Kier alpha value is -3.95. The molecule has 136 valence electrons. The first kappa shape index (κ1) is 16.5. The molecule has 0 saturated carbocycles. The van der Waals surface area contributed by atoms with Crippen molar-refractivity contribution in [2.75, 3.05) is 17.4 Å². The predicted molar refractivity (Wildman–Crippen MR) is 94.2 cm³/mol. The van der Waals surface area contributed by atoms with E-state index in [4.69, 9.17) is 9.47 Å². The van der Waals surface area contributed by atoms with Gasteiger partial charge in [-0.3, -0.25) is 10.1 Å². The molecule has 4 rings (SSSR count). The number of ether oxygens (including phenoxy) is 2. The van der Waals surface area contributed by atoms with Gasteiger partial charge in [-0.1, -0.05) is 0 Å². The van der Waals surface area contributed by atoms with Crippen LogP contribution in [0.4, 0.5) is 33.1 Å². The Bertz CT molecular complexity index is 1010. The second kappa shape index (κ2) is 6.75. The molecule has 0 fully saturated rings. The molecule has 2 heterocycles. The maximum Gasteiger partial charge on any atom is 0.353 e. The van der Waals surface area contributed by atoms with E-state index in [-0.39, 0.29) is 24.1 Å². The van der Waals surface area contributed by atoms with Crippen LogP contribution in [0.25, 0.3) is 0 Å². The Kier molecular flexibility index (Phi) is 4.13. The fourth-order valence-corrected chi connectivity index (χ4v) is 2.52. The standard InChI is InChI=1S/C17H12FN5O4/c18-10-1-3-11(4-2-10)21-16-15(23(24)25)17(20-8-19-16)22-12-5-6-13-14(7-12)27-9-26-13/h1-8H,9H2,(H2,19,20,21,22). The summed E-state index contributed by atoms with van der Waals surface area (Å²) in [6, 6.07) is 10.4. The molecular formula is C17H12FN5O4. The fourth-order valence-electron chi connectivity index (χ4n) is 2.52. The van der Waals surface area contributed by atoms with Gasteiger partial charge in [-0.25, -0.2) is 14.4 Å². The maximum atomic E-state index is 13.0. The van der Waals surface area contributed by atoms with Gasteiger partial charge < -0.3 is 20.1 Å². The predicted octanol–water partition coefficient (Wildman–Crippen LogP) is 3.74. The van der Waals surface area contributed by atoms with Gasteiger partial charge in [0.1, 0.15) is 12.1 Å². The van der Waals surface area contributed by atoms with Crippen molar-refractivity contribution >= 4 is 28.7 Å². The Balaban J connectivity index is 1.66. The van der Waals surface area contributed by atoms with Crippen LogP contribution in [0.1, 0.15) is 0 Å². The van der Waals surface area contributed by atoms with Crippen LogP contribution in [0.3, 0.4) is 0 Å². The van der Waals surface area contributed by atoms with E-state index in [0.29, 0.717) is 22.9 Å². The molecule has 0 amide bonds. The van der Waals surface area contributed by atoms with Crippen LogP contribution in [-0.2, 0) is 0 Å². The van der Waals surface area contributed by atoms with Gasteiger partial charge in [0.2, 0.25) is 18.4 Å². The first-order chi connectivity index (χ1) is 13.1. The number of nitrogens with one attached hydrogen (secondary N) is 2. The lowest BCUT2D eigenvalue weighted by molar-refractivity contribution is -0.383. The molecule has 0 atom stereocenters. The molecule has 27 heavy (non-hydrogen) atoms. The highest BCUT2D eigenvalue weighted by Gasteiger charge is 2.24. The van der Waals surface area contributed by atoms with Crippen molar-refractivity contribution in [2.45, 2.75) is 0 Å². The number of anilines is 4. The van der Waals surface area contributed by atoms with Gasteiger partial charge in [0.15, 0.2) is 11.5 Å². The number of nitro groups is 1. The molecule has 10 heteroatoms. The first-order valence-electron chi connectivity index (χ1n) is 7.79. The Morgan fingerprint density at radius 3 is 2.30 bits per heavy atom. The molecule has 1 aliphatic heterocycles. The van der Waals surface area contributed by atoms with Gasteiger partial charge in [-0.15, -0.1) is 0 Å². The monoisotopic (exact) mass is 369 g/mol. The minimum Gasteiger partial charge on any atom is -0.454 e. The number of nitrogens with zero attached hydrogens (tertiary/aromatic N) is 3. The summed E-state index contributed by atoms with van der Waals surface area (Å²) >= 11 is 0. The van der Waals surface area contributed by atoms with Crippen LogP contribution in [0.2, 0.25) is 0 Å². The summed E-state index contributed by atoms with van der Waals surface area (Å²) in [7, 11) is 0. The highest BCUT2D eigenvalue weighted by atomic mass is 19.1. The number of halogens is 1. The number of hydrogen-bond donors (Lipinski definition) is 2. The molecule has 0 bridgehead atoms. The summed E-state index contributed by atoms with van der Waals surface area (Å²) < 4.78 is 23.6. The van der Waals surface area contributed by atoms with Crippen molar-refractivity contribution in [3.8, 4) is 11.5 Å². The number of rotatable bonds is 5. The zero-order chi connectivity index (χ0) is 18.8. The van der Waals surface area contributed by atoms with E-state index >= 15 is 0 Å². The molecule has 0 spiro atoms. The number of hydrogen-bond acceptors (Lipinski definition) is 8. The lowest BCUT2D eigenvalue weighted by atomic mass is 10.2. The smallest absolute Gasteiger partial charge is 0.353 e. The number of benzene rings is 2. The van der Waals surface area contributed by atoms with E-state index in [0.717, 1.165) is 0 Å². The third kappa shape index (κ3) is 3.40. The van der Waals surface area contributed by atoms with Gasteiger partial charge in [0, 0.05) is 17.4 Å². The lowest BCUT2D eigenvalue weighted by Crippen LogP contribution is -2.05. The molecule has 0 radical (unpaired) electrons. The molecule has 1 aliphatic rings. The van der Waals surface area contributed by atoms with Crippen molar-refractivity contribution in [2.24, 2.45) is 0 Å². The van der Waals surface area contributed by atoms with Crippen molar-refractivity contribution in [3.63, 3.8) is 0 Å². The van der Waals surface area contributed by atoms with Crippen LogP contribution in [0.15, 0.2) is 48.8 Å². The van der Waals surface area contributed by atoms with Crippen molar-refractivity contribution in [1.29, 1.82) is 0 Å². The Morgan fingerprint density at radius 2 is 1.59 bits per heavy atom. The quantitative estimate of drug-likeness (QED) is 0.517. The first-order valence-corrected chi connectivity index (χ1v) is 7.79. The topological polar surface area (TPSA) is 111 Å². The van der Waals surface area contributed by atoms with Gasteiger partial charge in [0.05, 0.1) is 4.92 Å². The summed E-state index contributed by atoms with van der Waals surface area (Å²) in [4.78, 5) is 18.9. The van der Waals surface area contributed by atoms with Crippen LogP contribution < -0.4 is 20.1 Å². The van der Waals surface area contributed by atoms with E-state index in [9.17, 15) is 14.5 Å². The van der Waals surface area contributed by atoms with Gasteiger partial charge in [-0.2, -0.15) is 0 Å². The molecule has 0 saturated heterocycles. The summed E-state index contributed by atoms with van der Waals surface area (Å²) in [6.07, 6.45) is 1.19. The SMILES string of the molecule is O=[N+]([O-])c1c(Nc2ccc(F)cc2)ncnc1Nc1ccc2c(c1)OCO2. The molecule has 1 aromatic heterocycles. The summed E-state index contributed by atoms with van der Waals surface area (Å²) in [5.74, 6) is 0.684. The molecule has 0 aliphatic carbocycles. The van der Waals surface area contributed by atoms with E-state index < -0.39 is 10.7 Å². The van der Waals surface area contributed by atoms with Crippen LogP contribution >= 0.6 is 0 Å². The third-order valence-electron chi connectivity index (χ3n) is 3.75. The van der Waals surface area contributed by atoms with E-state index in [1.54, 1.807) is 18.2 Å². The lowest BCUT2D eigenvalue weighted by Gasteiger charge is -2.10. The zero-order valence-electron chi connectivity index (χ0n) is 13.7. The average Bonchev–Trinajstić information content (AvgIpc) is 3.11. The maximum absolute atomic E-state index is 13.0. The molecule has 9 nitrogen and oxygen atoms in total. The second-order valence-corrected chi connectivity index (χ2v) is 5.50. The van der Waals surface area contributed by atoms with Crippen molar-refractivity contribution in [1.82, 2.24) is 9.97 Å². The normalized spacial score (nSPS) is 11.9. The number of fused-ring (bicyclic) bond motifs is 1. The molecular weight excluding hydrogens is 357 g/mol. The summed E-state index contributed by atoms with van der Waals surface area (Å²) in [5.41, 5.74) is 0.639. The number of aromatic nitrogens is 2. The zero-order valence-corrected chi connectivity index (χ0v) is 13.7. The summed E-state index contributed by atoms with van der Waals surface area (Å²) in [6.45, 7) is 0.123. The van der Waals surface area contributed by atoms with Gasteiger partial charge in [-0.05, 0) is 36.4 Å². The molecule has 2 aromatic carbocycles. The fraction of sp³-hybridized carbons (Fsp3) is 0.0588. The van der Waals surface area contributed by atoms with E-state index in [2.05, 4.69) is 20.6 Å². The Labute approximate surface area is 151 Å². The highest BCUT2D eigenvalue weighted by Crippen LogP contribution is 2.37. The third-order valence-corrected chi connectivity index (χ3v) is 3.75. The molecule has 2 N–H and O–H groups in total. The van der Waals surface area contributed by atoms with Gasteiger partial charge in [0.25, 0.3) is 0 Å². The average molecular weight is 369 g/mol. The summed E-state index contributed by atoms with van der Waals surface area (Å²) in [5, 5.41) is 17.3.